The molecule has 234 valence electrons. The molecule has 0 radical (unpaired) electrons. The molecule has 2 fully saturated rings. The lowest BCUT2D eigenvalue weighted by Gasteiger charge is -2.35. The second kappa shape index (κ2) is 13.4. The summed E-state index contributed by atoms with van der Waals surface area (Å²) in [6, 6.07) is 3.88. The molecule has 11 nitrogen and oxygen atoms in total. The molecule has 2 aliphatic rings. The number of imidazole rings is 1. The Hall–Kier alpha value is -3.60. The highest BCUT2D eigenvalue weighted by Gasteiger charge is 2.30. The highest BCUT2D eigenvalue weighted by Crippen LogP contribution is 2.35. The van der Waals surface area contributed by atoms with Crippen LogP contribution in [-0.4, -0.2) is 75.8 Å². The van der Waals surface area contributed by atoms with Crippen LogP contribution in [0.3, 0.4) is 0 Å². The van der Waals surface area contributed by atoms with Crippen LogP contribution >= 0.6 is 0 Å². The van der Waals surface area contributed by atoms with Crippen LogP contribution in [0.4, 0.5) is 4.79 Å². The molecule has 43 heavy (non-hydrogen) atoms. The number of rotatable bonds is 7. The van der Waals surface area contributed by atoms with Crippen molar-refractivity contribution >= 4 is 23.0 Å². The number of nitrogens with zero attached hydrogens (tertiary/aromatic N) is 4. The fourth-order valence-electron chi connectivity index (χ4n) is 6.19. The average molecular weight is 595 g/mol. The number of piperazine rings is 1. The number of carbonyl (C=O) groups is 2. The van der Waals surface area contributed by atoms with E-state index in [0.717, 1.165) is 67.7 Å². The summed E-state index contributed by atoms with van der Waals surface area (Å²) in [5, 5.41) is 7.17. The summed E-state index contributed by atoms with van der Waals surface area (Å²) in [5.41, 5.74) is 3.23. The SMILES string of the molecule is COc1cc(CN2CCN(C(=O)OC(C)(C)C)CC2)cc2[nH]c(C(NC(=O)c3conc3C)C3CCCCCCC3)nc12. The number of benzene rings is 1. The zero-order valence-electron chi connectivity index (χ0n) is 26.2. The minimum absolute atomic E-state index is 0.204. The molecular formula is C32H46N6O5. The Bertz CT molecular complexity index is 1390. The van der Waals surface area contributed by atoms with Gasteiger partial charge in [0, 0.05) is 32.7 Å². The first-order valence-electron chi connectivity index (χ1n) is 15.6. The molecule has 1 aliphatic heterocycles. The van der Waals surface area contributed by atoms with E-state index in [0.29, 0.717) is 30.1 Å². The van der Waals surface area contributed by atoms with Crippen LogP contribution in [0.2, 0.25) is 0 Å². The third kappa shape index (κ3) is 7.68. The highest BCUT2D eigenvalue weighted by atomic mass is 16.6. The van der Waals surface area contributed by atoms with Crippen molar-refractivity contribution in [1.29, 1.82) is 0 Å². The zero-order valence-corrected chi connectivity index (χ0v) is 26.2. The molecule has 2 amide bonds. The van der Waals surface area contributed by atoms with Crippen molar-refractivity contribution < 1.29 is 23.6 Å². The highest BCUT2D eigenvalue weighted by molar-refractivity contribution is 5.95. The summed E-state index contributed by atoms with van der Waals surface area (Å²) >= 11 is 0. The number of fused-ring (bicyclic) bond motifs is 1. The number of hydrogen-bond acceptors (Lipinski definition) is 8. The third-order valence-corrected chi connectivity index (χ3v) is 8.48. The number of amides is 2. The van der Waals surface area contributed by atoms with Gasteiger partial charge < -0.3 is 29.2 Å². The van der Waals surface area contributed by atoms with Crippen molar-refractivity contribution in [2.24, 2.45) is 5.92 Å². The summed E-state index contributed by atoms with van der Waals surface area (Å²) in [4.78, 5) is 38.5. The number of aryl methyl sites for hydroxylation is 1. The summed E-state index contributed by atoms with van der Waals surface area (Å²) < 4.78 is 16.4. The zero-order chi connectivity index (χ0) is 30.6. The molecule has 5 rings (SSSR count). The Balaban J connectivity index is 1.35. The number of H-pyrrole nitrogens is 1. The maximum atomic E-state index is 13.3. The van der Waals surface area contributed by atoms with Crippen LogP contribution < -0.4 is 10.1 Å². The van der Waals surface area contributed by atoms with Crippen molar-refractivity contribution in [1.82, 2.24) is 30.2 Å². The maximum Gasteiger partial charge on any atom is 0.410 e. The normalized spacial score (nSPS) is 18.2. The number of ether oxygens (including phenoxy) is 2. The van der Waals surface area contributed by atoms with E-state index in [1.54, 1.807) is 18.9 Å². The first-order chi connectivity index (χ1) is 20.6. The van der Waals surface area contributed by atoms with Gasteiger partial charge >= 0.3 is 6.09 Å². The van der Waals surface area contributed by atoms with Crippen LogP contribution in [0.1, 0.15) is 99.2 Å². The lowest BCUT2D eigenvalue weighted by Crippen LogP contribution is -2.49. The standard InChI is InChI=1S/C32H46N6O5/c1-21-24(20-42-36-21)30(39)35-27(23-11-9-7-6-8-10-12-23)29-33-25-17-22(18-26(41-5)28(25)34-29)19-37-13-15-38(16-14-37)31(40)43-32(2,3)4/h17-18,20,23,27H,6-16,19H2,1-5H3,(H,33,34)(H,35,39). The topological polar surface area (TPSA) is 126 Å². The van der Waals surface area contributed by atoms with Gasteiger partial charge in [0.05, 0.1) is 24.4 Å². The Morgan fingerprint density at radius 2 is 1.79 bits per heavy atom. The first-order valence-corrected chi connectivity index (χ1v) is 15.6. The van der Waals surface area contributed by atoms with Crippen LogP contribution in [0.5, 0.6) is 5.75 Å². The molecule has 2 N–H and O–H groups in total. The Morgan fingerprint density at radius 1 is 1.09 bits per heavy atom. The predicted molar refractivity (Wildman–Crippen MR) is 163 cm³/mol. The lowest BCUT2D eigenvalue weighted by molar-refractivity contribution is 0.0139. The molecular weight excluding hydrogens is 548 g/mol. The van der Waals surface area contributed by atoms with Gasteiger partial charge in [0.2, 0.25) is 0 Å². The van der Waals surface area contributed by atoms with Crippen molar-refractivity contribution in [2.45, 2.75) is 90.8 Å². The van der Waals surface area contributed by atoms with Crippen LogP contribution in [0.15, 0.2) is 22.9 Å². The molecule has 1 aromatic carbocycles. The van der Waals surface area contributed by atoms with Gasteiger partial charge in [-0.25, -0.2) is 9.78 Å². The van der Waals surface area contributed by atoms with Crippen molar-refractivity contribution in [3.63, 3.8) is 0 Å². The van der Waals surface area contributed by atoms with Gasteiger partial charge in [0.1, 0.15) is 34.5 Å². The van der Waals surface area contributed by atoms with Gasteiger partial charge in [0.15, 0.2) is 0 Å². The monoisotopic (exact) mass is 594 g/mol. The van der Waals surface area contributed by atoms with Crippen LogP contribution in [0, 0.1) is 12.8 Å². The van der Waals surface area contributed by atoms with Crippen molar-refractivity contribution in [3.05, 3.63) is 41.0 Å². The molecule has 1 saturated heterocycles. The summed E-state index contributed by atoms with van der Waals surface area (Å²) in [7, 11) is 1.66. The fraction of sp³-hybridized carbons (Fsp3) is 0.625. The molecule has 11 heteroatoms. The number of hydrogen-bond donors (Lipinski definition) is 2. The number of aromatic amines is 1. The van der Waals surface area contributed by atoms with Crippen molar-refractivity contribution in [3.8, 4) is 5.75 Å². The molecule has 3 aromatic rings. The largest absolute Gasteiger partial charge is 0.494 e. The second-order valence-electron chi connectivity index (χ2n) is 12.9. The smallest absolute Gasteiger partial charge is 0.410 e. The van der Waals surface area contributed by atoms with E-state index in [9.17, 15) is 9.59 Å². The first kappa shape index (κ1) is 30.8. The van der Waals surface area contributed by atoms with E-state index >= 15 is 0 Å². The van der Waals surface area contributed by atoms with E-state index in [4.69, 9.17) is 19.0 Å². The number of aromatic nitrogens is 3. The molecule has 3 heterocycles. The predicted octanol–water partition coefficient (Wildman–Crippen LogP) is 5.75. The summed E-state index contributed by atoms with van der Waals surface area (Å²) in [6.07, 6.45) is 9.17. The van der Waals surface area contributed by atoms with Gasteiger partial charge in [-0.15, -0.1) is 0 Å². The number of carbonyl (C=O) groups excluding carboxylic acids is 2. The van der Waals surface area contributed by atoms with E-state index < -0.39 is 5.60 Å². The van der Waals surface area contributed by atoms with Gasteiger partial charge in [-0.3, -0.25) is 9.69 Å². The molecule has 1 aliphatic carbocycles. The van der Waals surface area contributed by atoms with Crippen LogP contribution in [-0.2, 0) is 11.3 Å². The van der Waals surface area contributed by atoms with Gasteiger partial charge in [-0.05, 0) is 64.2 Å². The van der Waals surface area contributed by atoms with Gasteiger partial charge in [-0.1, -0.05) is 37.3 Å². The van der Waals surface area contributed by atoms with E-state index in [2.05, 4.69) is 26.4 Å². The minimum Gasteiger partial charge on any atom is -0.494 e. The summed E-state index contributed by atoms with van der Waals surface area (Å²) in [6.45, 7) is 10.9. The van der Waals surface area contributed by atoms with Crippen molar-refractivity contribution in [2.75, 3.05) is 33.3 Å². The second-order valence-corrected chi connectivity index (χ2v) is 12.9. The fourth-order valence-corrected chi connectivity index (χ4v) is 6.19. The average Bonchev–Trinajstić information content (AvgIpc) is 3.57. The van der Waals surface area contributed by atoms with E-state index in [1.807, 2.05) is 26.8 Å². The molecule has 0 bridgehead atoms. The maximum absolute atomic E-state index is 13.3. The quantitative estimate of drug-likeness (QED) is 0.354. The lowest BCUT2D eigenvalue weighted by atomic mass is 9.85. The number of nitrogens with one attached hydrogen (secondary N) is 2. The molecule has 1 saturated carbocycles. The molecule has 1 atom stereocenters. The van der Waals surface area contributed by atoms with Gasteiger partial charge in [-0.2, -0.15) is 0 Å². The third-order valence-electron chi connectivity index (χ3n) is 8.48. The van der Waals surface area contributed by atoms with Crippen LogP contribution in [0.25, 0.3) is 11.0 Å². The van der Waals surface area contributed by atoms with E-state index in [1.165, 1.54) is 25.5 Å². The summed E-state index contributed by atoms with van der Waals surface area (Å²) in [5.74, 6) is 1.49. The Labute approximate surface area is 253 Å². The minimum atomic E-state index is -0.504. The number of methoxy groups -OCH3 is 1. The Kier molecular flexibility index (Phi) is 9.59. The van der Waals surface area contributed by atoms with Gasteiger partial charge in [0.25, 0.3) is 5.91 Å². The molecule has 2 aromatic heterocycles. The molecule has 0 spiro atoms. The Morgan fingerprint density at radius 3 is 2.42 bits per heavy atom. The molecule has 1 unspecified atom stereocenters. The van der Waals surface area contributed by atoms with E-state index in [-0.39, 0.29) is 24.0 Å².